The quantitative estimate of drug-likeness (QED) is 0.751. The molecule has 0 unspecified atom stereocenters. The average Bonchev–Trinajstić information content (AvgIpc) is 3.25. The number of carbonyl (C=O) groups is 1. The molecule has 1 aliphatic heterocycles. The average molecular weight is 345 g/mol. The Morgan fingerprint density at radius 1 is 1.40 bits per heavy atom. The van der Waals surface area contributed by atoms with Crippen LogP contribution in [0.25, 0.3) is 0 Å². The van der Waals surface area contributed by atoms with Crippen LogP contribution < -0.4 is 4.90 Å². The Labute approximate surface area is 146 Å². The van der Waals surface area contributed by atoms with E-state index in [0.29, 0.717) is 45.4 Å². The maximum atomic E-state index is 12.3. The normalized spacial score (nSPS) is 20.0. The monoisotopic (exact) mass is 345 g/mol. The number of rotatable bonds is 7. The topological polar surface area (TPSA) is 100 Å². The fourth-order valence-electron chi connectivity index (χ4n) is 3.10. The number of hydrogen-bond acceptors (Lipinski definition) is 7. The highest BCUT2D eigenvalue weighted by Gasteiger charge is 2.38. The zero-order chi connectivity index (χ0) is 17.7. The van der Waals surface area contributed by atoms with Crippen molar-refractivity contribution in [2.75, 3.05) is 31.6 Å². The van der Waals surface area contributed by atoms with Gasteiger partial charge in [-0.15, -0.1) is 0 Å². The first-order valence-corrected chi connectivity index (χ1v) is 8.35. The number of anilines is 1. The Kier molecular flexibility index (Phi) is 5.22. The standard InChI is InChI=1S/C16H23N7O2/c1-21(15(24)3-2-7-23-13-18-12-20-23)10-16(25)4-8-22(11-16)14-9-17-5-6-19-14/h5-6,9,12-13,25H,2-4,7-8,10-11H2,1H3/t16-/m1/s1. The van der Waals surface area contributed by atoms with E-state index in [2.05, 4.69) is 20.1 Å². The van der Waals surface area contributed by atoms with Crippen LogP contribution in [-0.2, 0) is 11.3 Å². The van der Waals surface area contributed by atoms with Gasteiger partial charge in [0, 0.05) is 45.5 Å². The first-order chi connectivity index (χ1) is 12.1. The minimum absolute atomic E-state index is 0.0199. The third-order valence-corrected chi connectivity index (χ3v) is 4.41. The molecule has 1 fully saturated rings. The summed E-state index contributed by atoms with van der Waals surface area (Å²) in [4.78, 5) is 28.1. The second-order valence-corrected chi connectivity index (χ2v) is 6.47. The van der Waals surface area contributed by atoms with E-state index in [9.17, 15) is 9.90 Å². The number of amides is 1. The second-order valence-electron chi connectivity index (χ2n) is 6.47. The number of carbonyl (C=O) groups excluding carboxylic acids is 1. The molecule has 9 heteroatoms. The minimum atomic E-state index is -0.923. The van der Waals surface area contributed by atoms with Crippen molar-refractivity contribution in [3.63, 3.8) is 0 Å². The van der Waals surface area contributed by atoms with Crippen molar-refractivity contribution in [2.45, 2.75) is 31.4 Å². The van der Waals surface area contributed by atoms with Gasteiger partial charge >= 0.3 is 0 Å². The predicted octanol–water partition coefficient (Wildman–Crippen LogP) is -0.0519. The molecule has 25 heavy (non-hydrogen) atoms. The van der Waals surface area contributed by atoms with Gasteiger partial charge in [0.1, 0.15) is 24.1 Å². The van der Waals surface area contributed by atoms with E-state index in [1.54, 1.807) is 41.5 Å². The molecule has 1 amide bonds. The highest BCUT2D eigenvalue weighted by molar-refractivity contribution is 5.75. The Balaban J connectivity index is 1.46. The van der Waals surface area contributed by atoms with E-state index < -0.39 is 5.60 Å². The molecule has 0 saturated carbocycles. The van der Waals surface area contributed by atoms with Crippen molar-refractivity contribution < 1.29 is 9.90 Å². The lowest BCUT2D eigenvalue weighted by atomic mass is 10.0. The number of aromatic nitrogens is 5. The maximum absolute atomic E-state index is 12.3. The Hall–Kier alpha value is -2.55. The Bertz CT molecular complexity index is 679. The van der Waals surface area contributed by atoms with E-state index in [4.69, 9.17) is 0 Å². The molecule has 9 nitrogen and oxygen atoms in total. The molecule has 0 bridgehead atoms. The molecule has 1 atom stereocenters. The van der Waals surface area contributed by atoms with E-state index >= 15 is 0 Å². The summed E-state index contributed by atoms with van der Waals surface area (Å²) >= 11 is 0. The van der Waals surface area contributed by atoms with Crippen LogP contribution in [0.15, 0.2) is 31.2 Å². The molecule has 3 heterocycles. The largest absolute Gasteiger partial charge is 0.386 e. The van der Waals surface area contributed by atoms with E-state index in [-0.39, 0.29) is 5.91 Å². The summed E-state index contributed by atoms with van der Waals surface area (Å²) in [5.41, 5.74) is -0.923. The van der Waals surface area contributed by atoms with Crippen molar-refractivity contribution in [1.29, 1.82) is 0 Å². The fraction of sp³-hybridized carbons (Fsp3) is 0.562. The summed E-state index contributed by atoms with van der Waals surface area (Å²) in [7, 11) is 1.74. The number of hydrogen-bond donors (Lipinski definition) is 1. The van der Waals surface area contributed by atoms with E-state index in [1.165, 1.54) is 6.33 Å². The maximum Gasteiger partial charge on any atom is 0.222 e. The summed E-state index contributed by atoms with van der Waals surface area (Å²) in [5.74, 6) is 0.770. The summed E-state index contributed by atoms with van der Waals surface area (Å²) in [6, 6.07) is 0. The number of aliphatic hydroxyl groups is 1. The third kappa shape index (κ3) is 4.50. The smallest absolute Gasteiger partial charge is 0.222 e. The molecule has 1 saturated heterocycles. The van der Waals surface area contributed by atoms with Crippen LogP contribution >= 0.6 is 0 Å². The van der Waals surface area contributed by atoms with Crippen LogP contribution in [0.3, 0.4) is 0 Å². The molecule has 0 aromatic carbocycles. The number of nitrogens with zero attached hydrogens (tertiary/aromatic N) is 7. The number of β-amino-alcohol motifs (C(OH)–C–C–N with tert-alkyl or cyclic N) is 1. The highest BCUT2D eigenvalue weighted by atomic mass is 16.3. The molecule has 1 N–H and O–H groups in total. The molecule has 2 aromatic rings. The minimum Gasteiger partial charge on any atom is -0.386 e. The lowest BCUT2D eigenvalue weighted by Crippen LogP contribution is -2.45. The molecular weight excluding hydrogens is 322 g/mol. The molecular formula is C16H23N7O2. The summed E-state index contributed by atoms with van der Waals surface area (Å²) in [6.07, 6.45) is 9.76. The van der Waals surface area contributed by atoms with Gasteiger partial charge in [-0.3, -0.25) is 14.5 Å². The van der Waals surface area contributed by atoms with Crippen molar-refractivity contribution in [2.24, 2.45) is 0 Å². The summed E-state index contributed by atoms with van der Waals surface area (Å²) < 4.78 is 1.70. The van der Waals surface area contributed by atoms with Gasteiger partial charge in [-0.05, 0) is 12.8 Å². The van der Waals surface area contributed by atoms with Crippen molar-refractivity contribution in [3.05, 3.63) is 31.2 Å². The van der Waals surface area contributed by atoms with Gasteiger partial charge in [0.2, 0.25) is 5.91 Å². The summed E-state index contributed by atoms with van der Waals surface area (Å²) in [5, 5.41) is 14.8. The van der Waals surface area contributed by atoms with Gasteiger partial charge in [-0.2, -0.15) is 5.10 Å². The Morgan fingerprint density at radius 3 is 3.00 bits per heavy atom. The van der Waals surface area contributed by atoms with E-state index in [0.717, 1.165) is 5.82 Å². The SMILES string of the molecule is CN(C[C@]1(O)CCN(c2cnccn2)C1)C(=O)CCCn1cncn1. The van der Waals surface area contributed by atoms with Gasteiger partial charge in [0.05, 0.1) is 12.7 Å². The van der Waals surface area contributed by atoms with Gasteiger partial charge in [-0.1, -0.05) is 0 Å². The highest BCUT2D eigenvalue weighted by Crippen LogP contribution is 2.25. The van der Waals surface area contributed by atoms with Gasteiger partial charge < -0.3 is 14.9 Å². The lowest BCUT2D eigenvalue weighted by Gasteiger charge is -2.29. The first-order valence-electron chi connectivity index (χ1n) is 8.35. The number of likely N-dealkylation sites (N-methyl/N-ethyl adjacent to an activating group) is 1. The van der Waals surface area contributed by atoms with Crippen LogP contribution in [0.4, 0.5) is 5.82 Å². The van der Waals surface area contributed by atoms with Crippen molar-refractivity contribution in [1.82, 2.24) is 29.6 Å². The van der Waals surface area contributed by atoms with Crippen molar-refractivity contribution >= 4 is 11.7 Å². The molecule has 3 rings (SSSR count). The van der Waals surface area contributed by atoms with Crippen LogP contribution in [0.2, 0.25) is 0 Å². The molecule has 0 aliphatic carbocycles. The fourth-order valence-corrected chi connectivity index (χ4v) is 3.10. The molecule has 134 valence electrons. The van der Waals surface area contributed by atoms with Gasteiger partial charge in [0.25, 0.3) is 0 Å². The molecule has 2 aromatic heterocycles. The lowest BCUT2D eigenvalue weighted by molar-refractivity contribution is -0.133. The van der Waals surface area contributed by atoms with Crippen LogP contribution in [-0.4, -0.2) is 72.9 Å². The molecule has 1 aliphatic rings. The summed E-state index contributed by atoms with van der Waals surface area (Å²) in [6.45, 7) is 2.11. The first kappa shape index (κ1) is 17.3. The predicted molar refractivity (Wildman–Crippen MR) is 90.7 cm³/mol. The van der Waals surface area contributed by atoms with Crippen molar-refractivity contribution in [3.8, 4) is 0 Å². The van der Waals surface area contributed by atoms with Crippen LogP contribution in [0, 0.1) is 0 Å². The van der Waals surface area contributed by atoms with Gasteiger partial charge in [-0.25, -0.2) is 9.97 Å². The van der Waals surface area contributed by atoms with Crippen LogP contribution in [0.5, 0.6) is 0 Å². The Morgan fingerprint density at radius 2 is 2.28 bits per heavy atom. The zero-order valence-corrected chi connectivity index (χ0v) is 14.3. The zero-order valence-electron chi connectivity index (χ0n) is 14.3. The molecule has 0 spiro atoms. The van der Waals surface area contributed by atoms with Crippen LogP contribution in [0.1, 0.15) is 19.3 Å². The second kappa shape index (κ2) is 7.56. The van der Waals surface area contributed by atoms with Gasteiger partial charge in [0.15, 0.2) is 0 Å². The third-order valence-electron chi connectivity index (χ3n) is 4.41. The van der Waals surface area contributed by atoms with E-state index in [1.807, 2.05) is 4.90 Å². The molecule has 0 radical (unpaired) electrons. The number of aryl methyl sites for hydroxylation is 1.